The molecule has 0 aromatic heterocycles. The van der Waals surface area contributed by atoms with E-state index in [1.54, 1.807) is 0 Å². The molecule has 6 nitrogen and oxygen atoms in total. The number of likely N-dealkylation sites (tertiary alicyclic amines) is 1. The Kier molecular flexibility index (Phi) is 6.48. The standard InChI is InChI=1S/C28H34N2O4/c1-3-33-23-17-19-13-16-30-26(22(19)18-24(23)34-4-2)25(20-11-7-8-12-21(20)27(30)31)28(32)29-14-9-5-6-10-15-29/h7-8,11-12,17-18,25-26H,3-6,9-10,13-16H2,1-2H3/t25-,26-/m1/s1. The molecule has 1 saturated heterocycles. The molecular weight excluding hydrogens is 428 g/mol. The molecule has 0 radical (unpaired) electrons. The van der Waals surface area contributed by atoms with Crippen LogP contribution < -0.4 is 9.47 Å². The molecule has 3 aliphatic rings. The fraction of sp³-hybridized carbons (Fsp3) is 0.500. The molecular formula is C28H34N2O4. The molecule has 0 bridgehead atoms. The number of benzene rings is 2. The van der Waals surface area contributed by atoms with Crippen molar-refractivity contribution in [2.24, 2.45) is 0 Å². The molecule has 0 N–H and O–H groups in total. The van der Waals surface area contributed by atoms with E-state index in [1.165, 1.54) is 12.8 Å². The van der Waals surface area contributed by atoms with Crippen molar-refractivity contribution in [2.45, 2.75) is 57.9 Å². The maximum absolute atomic E-state index is 14.2. The number of hydrogen-bond donors (Lipinski definition) is 0. The third kappa shape index (κ3) is 3.93. The molecule has 2 atom stereocenters. The van der Waals surface area contributed by atoms with Crippen LogP contribution in [-0.2, 0) is 11.2 Å². The third-order valence-corrected chi connectivity index (χ3v) is 7.37. The first kappa shape index (κ1) is 22.8. The lowest BCUT2D eigenvalue weighted by Crippen LogP contribution is -2.51. The van der Waals surface area contributed by atoms with Gasteiger partial charge in [0.25, 0.3) is 5.91 Å². The van der Waals surface area contributed by atoms with Crippen LogP contribution in [0.4, 0.5) is 0 Å². The molecule has 3 heterocycles. The van der Waals surface area contributed by atoms with Crippen LogP contribution in [0.15, 0.2) is 36.4 Å². The van der Waals surface area contributed by atoms with E-state index in [4.69, 9.17) is 9.47 Å². The summed E-state index contributed by atoms with van der Waals surface area (Å²) in [5, 5.41) is 0. The van der Waals surface area contributed by atoms with Crippen LogP contribution >= 0.6 is 0 Å². The average molecular weight is 463 g/mol. The van der Waals surface area contributed by atoms with E-state index in [0.717, 1.165) is 54.8 Å². The topological polar surface area (TPSA) is 59.1 Å². The fourth-order valence-electron chi connectivity index (χ4n) is 5.83. The van der Waals surface area contributed by atoms with Crippen molar-refractivity contribution >= 4 is 11.8 Å². The zero-order chi connectivity index (χ0) is 23.7. The second-order valence-electron chi connectivity index (χ2n) is 9.36. The van der Waals surface area contributed by atoms with Gasteiger partial charge in [0.15, 0.2) is 11.5 Å². The predicted molar refractivity (Wildman–Crippen MR) is 130 cm³/mol. The molecule has 34 heavy (non-hydrogen) atoms. The smallest absolute Gasteiger partial charge is 0.254 e. The second kappa shape index (κ2) is 9.69. The first-order chi connectivity index (χ1) is 16.6. The number of hydrogen-bond acceptors (Lipinski definition) is 4. The lowest BCUT2D eigenvalue weighted by atomic mass is 9.75. The van der Waals surface area contributed by atoms with Gasteiger partial charge in [-0.15, -0.1) is 0 Å². The SMILES string of the molecule is CCOc1cc2c(cc1OCC)[C@@H]1[C@H](C(=O)N3CCCCCC3)c3ccccc3C(=O)N1CC2. The Balaban J connectivity index is 1.64. The lowest BCUT2D eigenvalue weighted by Gasteiger charge is -2.46. The molecule has 0 unspecified atom stereocenters. The Morgan fingerprint density at radius 2 is 1.59 bits per heavy atom. The fourth-order valence-corrected chi connectivity index (χ4v) is 5.83. The van der Waals surface area contributed by atoms with Gasteiger partial charge in [0, 0.05) is 25.2 Å². The third-order valence-electron chi connectivity index (χ3n) is 7.37. The summed E-state index contributed by atoms with van der Waals surface area (Å²) in [6.45, 7) is 7.16. The van der Waals surface area contributed by atoms with Crippen molar-refractivity contribution in [3.05, 3.63) is 58.7 Å². The highest BCUT2D eigenvalue weighted by molar-refractivity contribution is 6.01. The number of nitrogens with zero attached hydrogens (tertiary/aromatic N) is 2. The van der Waals surface area contributed by atoms with Crippen LogP contribution in [0.5, 0.6) is 11.5 Å². The first-order valence-electron chi connectivity index (χ1n) is 12.7. The van der Waals surface area contributed by atoms with Crippen molar-refractivity contribution < 1.29 is 19.1 Å². The summed E-state index contributed by atoms with van der Waals surface area (Å²) in [4.78, 5) is 31.7. The van der Waals surface area contributed by atoms with Gasteiger partial charge in [-0.1, -0.05) is 31.0 Å². The predicted octanol–water partition coefficient (Wildman–Crippen LogP) is 4.72. The van der Waals surface area contributed by atoms with Crippen LogP contribution in [0.25, 0.3) is 0 Å². The molecule has 3 aliphatic heterocycles. The quantitative estimate of drug-likeness (QED) is 0.645. The Morgan fingerprint density at radius 1 is 0.912 bits per heavy atom. The summed E-state index contributed by atoms with van der Waals surface area (Å²) >= 11 is 0. The summed E-state index contributed by atoms with van der Waals surface area (Å²) < 4.78 is 11.8. The van der Waals surface area contributed by atoms with Gasteiger partial charge in [-0.05, 0) is 68.0 Å². The van der Waals surface area contributed by atoms with Crippen molar-refractivity contribution in [1.29, 1.82) is 0 Å². The van der Waals surface area contributed by atoms with E-state index in [1.807, 2.05) is 54.0 Å². The molecule has 1 fully saturated rings. The minimum Gasteiger partial charge on any atom is -0.490 e. The summed E-state index contributed by atoms with van der Waals surface area (Å²) in [7, 11) is 0. The van der Waals surface area contributed by atoms with Crippen LogP contribution in [0, 0.1) is 0 Å². The zero-order valence-corrected chi connectivity index (χ0v) is 20.2. The van der Waals surface area contributed by atoms with E-state index in [9.17, 15) is 9.59 Å². The number of carbonyl (C=O) groups excluding carboxylic acids is 2. The van der Waals surface area contributed by atoms with Crippen LogP contribution in [0.3, 0.4) is 0 Å². The Labute approximate surface area is 201 Å². The van der Waals surface area contributed by atoms with Gasteiger partial charge in [-0.3, -0.25) is 9.59 Å². The van der Waals surface area contributed by atoms with Crippen molar-refractivity contribution in [3.8, 4) is 11.5 Å². The van der Waals surface area contributed by atoms with E-state index < -0.39 is 5.92 Å². The number of carbonyl (C=O) groups is 2. The van der Waals surface area contributed by atoms with E-state index in [0.29, 0.717) is 31.1 Å². The van der Waals surface area contributed by atoms with Gasteiger partial charge in [-0.2, -0.15) is 0 Å². The lowest BCUT2D eigenvalue weighted by molar-refractivity contribution is -0.134. The van der Waals surface area contributed by atoms with Crippen LogP contribution in [-0.4, -0.2) is 54.5 Å². The van der Waals surface area contributed by atoms with Gasteiger partial charge in [0.05, 0.1) is 25.2 Å². The normalized spacial score (nSPS) is 21.8. The Morgan fingerprint density at radius 3 is 2.29 bits per heavy atom. The van der Waals surface area contributed by atoms with E-state index in [-0.39, 0.29) is 17.9 Å². The molecule has 0 saturated carbocycles. The molecule has 180 valence electrons. The van der Waals surface area contributed by atoms with Gasteiger partial charge < -0.3 is 19.3 Å². The average Bonchev–Trinajstić information content (AvgIpc) is 3.14. The second-order valence-corrected chi connectivity index (χ2v) is 9.36. The maximum Gasteiger partial charge on any atom is 0.254 e. The molecule has 0 spiro atoms. The van der Waals surface area contributed by atoms with Crippen molar-refractivity contribution in [2.75, 3.05) is 32.8 Å². The van der Waals surface area contributed by atoms with E-state index >= 15 is 0 Å². The van der Waals surface area contributed by atoms with Crippen molar-refractivity contribution in [1.82, 2.24) is 9.80 Å². The Hall–Kier alpha value is -3.02. The molecule has 2 amide bonds. The zero-order valence-electron chi connectivity index (χ0n) is 20.2. The summed E-state index contributed by atoms with van der Waals surface area (Å²) in [6, 6.07) is 11.4. The monoisotopic (exact) mass is 462 g/mol. The van der Waals surface area contributed by atoms with Gasteiger partial charge in [0.2, 0.25) is 5.91 Å². The summed E-state index contributed by atoms with van der Waals surface area (Å²) in [5.41, 5.74) is 3.65. The largest absolute Gasteiger partial charge is 0.490 e. The van der Waals surface area contributed by atoms with Gasteiger partial charge >= 0.3 is 0 Å². The van der Waals surface area contributed by atoms with Crippen LogP contribution in [0.2, 0.25) is 0 Å². The number of rotatable bonds is 5. The summed E-state index contributed by atoms with van der Waals surface area (Å²) in [6.07, 6.45) is 5.14. The molecule has 6 heteroatoms. The first-order valence-corrected chi connectivity index (χ1v) is 12.7. The molecule has 2 aromatic rings. The van der Waals surface area contributed by atoms with Gasteiger partial charge in [-0.25, -0.2) is 0 Å². The van der Waals surface area contributed by atoms with E-state index in [2.05, 4.69) is 6.07 Å². The highest BCUT2D eigenvalue weighted by Gasteiger charge is 2.47. The van der Waals surface area contributed by atoms with Crippen molar-refractivity contribution in [3.63, 3.8) is 0 Å². The maximum atomic E-state index is 14.2. The number of ether oxygens (including phenoxy) is 2. The minimum atomic E-state index is -0.418. The molecule has 0 aliphatic carbocycles. The molecule has 5 rings (SSSR count). The Bertz CT molecular complexity index is 1070. The highest BCUT2D eigenvalue weighted by Crippen LogP contribution is 2.49. The van der Waals surface area contributed by atoms with Gasteiger partial charge in [0.1, 0.15) is 0 Å². The number of fused-ring (bicyclic) bond motifs is 4. The molecule has 2 aromatic carbocycles. The van der Waals surface area contributed by atoms with Crippen LogP contribution in [0.1, 0.15) is 78.5 Å². The summed E-state index contributed by atoms with van der Waals surface area (Å²) in [5.74, 6) is 1.14. The highest BCUT2D eigenvalue weighted by atomic mass is 16.5. The minimum absolute atomic E-state index is 0.0120. The number of amides is 2.